The van der Waals surface area contributed by atoms with Crippen LogP contribution >= 0.6 is 0 Å². The Labute approximate surface area is 124 Å². The van der Waals surface area contributed by atoms with Crippen molar-refractivity contribution < 1.29 is 9.59 Å². The summed E-state index contributed by atoms with van der Waals surface area (Å²) in [5.41, 5.74) is 12.5. The lowest BCUT2D eigenvalue weighted by Crippen LogP contribution is -2.38. The Kier molecular flexibility index (Phi) is 5.30. The van der Waals surface area contributed by atoms with Gasteiger partial charge in [-0.05, 0) is 43.6 Å². The molecule has 2 amide bonds. The minimum Gasteiger partial charge on any atom is -0.370 e. The second-order valence-electron chi connectivity index (χ2n) is 5.45. The maximum Gasteiger partial charge on any atom is 0.241 e. The van der Waals surface area contributed by atoms with E-state index in [2.05, 4.69) is 10.2 Å². The van der Waals surface area contributed by atoms with Crippen molar-refractivity contribution in [3.05, 3.63) is 29.8 Å². The van der Waals surface area contributed by atoms with Gasteiger partial charge in [-0.15, -0.1) is 0 Å². The minimum atomic E-state index is -0.910. The van der Waals surface area contributed by atoms with Gasteiger partial charge >= 0.3 is 0 Å². The van der Waals surface area contributed by atoms with Crippen molar-refractivity contribution in [2.24, 2.45) is 11.5 Å². The first-order valence-corrected chi connectivity index (χ1v) is 7.20. The number of nitrogens with two attached hydrogens (primary N) is 2. The highest BCUT2D eigenvalue weighted by atomic mass is 16.2. The first-order valence-electron chi connectivity index (χ1n) is 7.20. The molecule has 114 valence electrons. The number of amides is 2. The van der Waals surface area contributed by atoms with E-state index in [0.29, 0.717) is 5.69 Å². The third kappa shape index (κ3) is 4.84. The molecule has 6 heteroatoms. The standard InChI is InChI=1S/C15H22N4O2/c16-13(9-14(17)20)15(21)18-12-5-3-11(4-6-12)10-19-7-1-2-8-19/h3-6,13H,1-2,7-10,16H2,(H2,17,20)(H,18,21). The summed E-state index contributed by atoms with van der Waals surface area (Å²) in [5, 5.41) is 2.68. The van der Waals surface area contributed by atoms with Crippen LogP contribution in [0.5, 0.6) is 0 Å². The molecular formula is C15H22N4O2. The SMILES string of the molecule is NC(=O)CC(N)C(=O)Nc1ccc(CN2CCCC2)cc1. The van der Waals surface area contributed by atoms with Crippen LogP contribution in [0.2, 0.25) is 0 Å². The van der Waals surface area contributed by atoms with Gasteiger partial charge in [0.15, 0.2) is 0 Å². The number of hydrogen-bond donors (Lipinski definition) is 3. The lowest BCUT2D eigenvalue weighted by Gasteiger charge is -2.15. The summed E-state index contributed by atoms with van der Waals surface area (Å²) >= 11 is 0. The van der Waals surface area contributed by atoms with Gasteiger partial charge in [-0.3, -0.25) is 14.5 Å². The number of nitrogens with one attached hydrogen (secondary N) is 1. The average molecular weight is 290 g/mol. The van der Waals surface area contributed by atoms with Crippen molar-refractivity contribution in [3.8, 4) is 0 Å². The molecule has 1 aromatic rings. The zero-order valence-electron chi connectivity index (χ0n) is 12.0. The van der Waals surface area contributed by atoms with E-state index in [1.807, 2.05) is 24.3 Å². The summed E-state index contributed by atoms with van der Waals surface area (Å²) in [6.45, 7) is 3.25. The Morgan fingerprint density at radius 3 is 2.38 bits per heavy atom. The number of rotatable bonds is 6. The maximum atomic E-state index is 11.8. The highest BCUT2D eigenvalue weighted by Crippen LogP contribution is 2.15. The molecule has 0 aromatic heterocycles. The predicted molar refractivity (Wildman–Crippen MR) is 81.4 cm³/mol. The van der Waals surface area contributed by atoms with Crippen LogP contribution in [0.3, 0.4) is 0 Å². The van der Waals surface area contributed by atoms with Crippen LogP contribution in [0.15, 0.2) is 24.3 Å². The molecule has 0 aliphatic carbocycles. The molecule has 2 rings (SSSR count). The highest BCUT2D eigenvalue weighted by molar-refractivity contribution is 5.97. The molecule has 21 heavy (non-hydrogen) atoms. The molecule has 1 atom stereocenters. The Morgan fingerprint density at radius 1 is 1.19 bits per heavy atom. The van der Waals surface area contributed by atoms with E-state index in [1.54, 1.807) is 0 Å². The second-order valence-corrected chi connectivity index (χ2v) is 5.45. The molecule has 5 N–H and O–H groups in total. The smallest absolute Gasteiger partial charge is 0.241 e. The van der Waals surface area contributed by atoms with Crippen molar-refractivity contribution in [1.29, 1.82) is 0 Å². The van der Waals surface area contributed by atoms with Gasteiger partial charge in [-0.1, -0.05) is 12.1 Å². The first-order chi connectivity index (χ1) is 10.0. The fourth-order valence-electron chi connectivity index (χ4n) is 2.44. The maximum absolute atomic E-state index is 11.8. The van der Waals surface area contributed by atoms with Crippen LogP contribution in [0.25, 0.3) is 0 Å². The van der Waals surface area contributed by atoms with Crippen LogP contribution in [0.4, 0.5) is 5.69 Å². The summed E-state index contributed by atoms with van der Waals surface area (Å²) in [4.78, 5) is 24.9. The topological polar surface area (TPSA) is 101 Å². The number of carbonyl (C=O) groups excluding carboxylic acids is 2. The first kappa shape index (κ1) is 15.5. The highest BCUT2D eigenvalue weighted by Gasteiger charge is 2.16. The third-order valence-corrected chi connectivity index (χ3v) is 3.58. The summed E-state index contributed by atoms with van der Waals surface area (Å²) < 4.78 is 0. The lowest BCUT2D eigenvalue weighted by atomic mass is 10.1. The summed E-state index contributed by atoms with van der Waals surface area (Å²) in [6, 6.07) is 6.77. The second kappa shape index (κ2) is 7.19. The molecule has 1 aliphatic rings. The fourth-order valence-corrected chi connectivity index (χ4v) is 2.44. The van der Waals surface area contributed by atoms with Gasteiger partial charge in [0.05, 0.1) is 12.5 Å². The van der Waals surface area contributed by atoms with Crippen LogP contribution in [0.1, 0.15) is 24.8 Å². The van der Waals surface area contributed by atoms with Gasteiger partial charge < -0.3 is 16.8 Å². The van der Waals surface area contributed by atoms with Gasteiger partial charge in [0, 0.05) is 12.2 Å². The number of carbonyl (C=O) groups is 2. The van der Waals surface area contributed by atoms with Crippen LogP contribution in [-0.2, 0) is 16.1 Å². The van der Waals surface area contributed by atoms with Crippen LogP contribution in [-0.4, -0.2) is 35.8 Å². The van der Waals surface area contributed by atoms with E-state index >= 15 is 0 Å². The van der Waals surface area contributed by atoms with E-state index in [4.69, 9.17) is 11.5 Å². The summed E-state index contributed by atoms with van der Waals surface area (Å²) in [5.74, 6) is -0.986. The quantitative estimate of drug-likeness (QED) is 0.707. The lowest BCUT2D eigenvalue weighted by molar-refractivity contribution is -0.123. The molecular weight excluding hydrogens is 268 g/mol. The number of nitrogens with zero attached hydrogens (tertiary/aromatic N) is 1. The number of benzene rings is 1. The van der Waals surface area contributed by atoms with Crippen LogP contribution < -0.4 is 16.8 Å². The van der Waals surface area contributed by atoms with Crippen molar-refractivity contribution >= 4 is 17.5 Å². The molecule has 0 radical (unpaired) electrons. The largest absolute Gasteiger partial charge is 0.370 e. The van der Waals surface area contributed by atoms with Crippen molar-refractivity contribution in [1.82, 2.24) is 4.90 Å². The number of anilines is 1. The average Bonchev–Trinajstić information content (AvgIpc) is 2.93. The normalized spacial score (nSPS) is 16.6. The third-order valence-electron chi connectivity index (χ3n) is 3.58. The van der Waals surface area contributed by atoms with Gasteiger partial charge in [-0.25, -0.2) is 0 Å². The molecule has 1 saturated heterocycles. The van der Waals surface area contributed by atoms with Gasteiger partial charge in [0.2, 0.25) is 11.8 Å². The molecule has 1 heterocycles. The van der Waals surface area contributed by atoms with Gasteiger partial charge in [0.25, 0.3) is 0 Å². The zero-order valence-corrected chi connectivity index (χ0v) is 12.0. The number of hydrogen-bond acceptors (Lipinski definition) is 4. The Balaban J connectivity index is 1.86. The number of likely N-dealkylation sites (tertiary alicyclic amines) is 1. The van der Waals surface area contributed by atoms with Crippen molar-refractivity contribution in [2.75, 3.05) is 18.4 Å². The van der Waals surface area contributed by atoms with Crippen LogP contribution in [0, 0.1) is 0 Å². The molecule has 1 unspecified atom stereocenters. The Bertz CT molecular complexity index is 495. The van der Waals surface area contributed by atoms with Gasteiger partial charge in [-0.2, -0.15) is 0 Å². The number of primary amides is 1. The molecule has 1 aliphatic heterocycles. The van der Waals surface area contributed by atoms with Crippen molar-refractivity contribution in [2.45, 2.75) is 31.8 Å². The molecule has 1 aromatic carbocycles. The summed E-state index contributed by atoms with van der Waals surface area (Å²) in [7, 11) is 0. The molecule has 6 nitrogen and oxygen atoms in total. The van der Waals surface area contributed by atoms with E-state index in [1.165, 1.54) is 18.4 Å². The monoisotopic (exact) mass is 290 g/mol. The van der Waals surface area contributed by atoms with E-state index in [9.17, 15) is 9.59 Å². The van der Waals surface area contributed by atoms with Gasteiger partial charge in [0.1, 0.15) is 0 Å². The van der Waals surface area contributed by atoms with E-state index in [-0.39, 0.29) is 6.42 Å². The van der Waals surface area contributed by atoms with E-state index in [0.717, 1.165) is 19.6 Å². The molecule has 0 spiro atoms. The predicted octanol–water partition coefficient (Wildman–Crippen LogP) is 0.424. The molecule has 0 bridgehead atoms. The molecule has 1 fully saturated rings. The zero-order chi connectivity index (χ0) is 15.2. The minimum absolute atomic E-state index is 0.154. The summed E-state index contributed by atoms with van der Waals surface area (Å²) in [6.07, 6.45) is 2.39. The Hall–Kier alpha value is -1.92. The fraction of sp³-hybridized carbons (Fsp3) is 0.467. The molecule has 0 saturated carbocycles. The van der Waals surface area contributed by atoms with Crippen molar-refractivity contribution in [3.63, 3.8) is 0 Å². The van der Waals surface area contributed by atoms with E-state index < -0.39 is 17.9 Å². The Morgan fingerprint density at radius 2 is 1.81 bits per heavy atom.